The molecule has 2 atom stereocenters. The van der Waals surface area contributed by atoms with E-state index in [0.717, 1.165) is 10.4 Å². The van der Waals surface area contributed by atoms with Crippen molar-refractivity contribution in [2.24, 2.45) is 0 Å². The number of amides is 1. The molecule has 0 spiro atoms. The maximum atomic E-state index is 12.7. The lowest BCUT2D eigenvalue weighted by Gasteiger charge is -2.44. The van der Waals surface area contributed by atoms with Gasteiger partial charge in [-0.15, -0.1) is 6.58 Å². The van der Waals surface area contributed by atoms with Gasteiger partial charge >= 0.3 is 6.09 Å². The molecule has 7 heteroatoms. The first-order valence-electron chi connectivity index (χ1n) is 11.9. The Balaban J connectivity index is 2.50. The zero-order valence-electron chi connectivity index (χ0n) is 22.2. The average molecular weight is 500 g/mol. The van der Waals surface area contributed by atoms with Gasteiger partial charge in [0.15, 0.2) is 0 Å². The van der Waals surface area contributed by atoms with Crippen molar-refractivity contribution in [3.05, 3.63) is 73.3 Å². The van der Waals surface area contributed by atoms with E-state index in [4.69, 9.17) is 18.6 Å². The van der Waals surface area contributed by atoms with E-state index in [1.807, 2.05) is 57.2 Å². The summed E-state index contributed by atoms with van der Waals surface area (Å²) in [5, 5.41) is 5.05. The summed E-state index contributed by atoms with van der Waals surface area (Å²) in [6, 6.07) is 20.2. The molecule has 35 heavy (non-hydrogen) atoms. The number of methoxy groups -OCH3 is 1. The van der Waals surface area contributed by atoms with E-state index in [2.05, 4.69) is 56.9 Å². The lowest BCUT2D eigenvalue weighted by Crippen LogP contribution is -2.67. The van der Waals surface area contributed by atoms with Crippen molar-refractivity contribution in [2.45, 2.75) is 64.3 Å². The van der Waals surface area contributed by atoms with Crippen molar-refractivity contribution in [3.8, 4) is 0 Å². The van der Waals surface area contributed by atoms with Crippen LogP contribution in [-0.2, 0) is 18.6 Å². The number of carbonyl (C=O) groups is 1. The first-order chi connectivity index (χ1) is 16.4. The SMILES string of the molecule is C=C[C@H](OCOC)[C@H](CO[Si](c1ccccc1)(c1ccccc1)C(C)(C)C)NC(=O)OC(C)(C)C. The first kappa shape index (κ1) is 28.8. The summed E-state index contributed by atoms with van der Waals surface area (Å²) in [6.07, 6.45) is 0.567. The fraction of sp³-hybridized carbons (Fsp3) is 0.464. The normalized spacial score (nSPS) is 14.1. The Morgan fingerprint density at radius 3 is 1.89 bits per heavy atom. The number of hydrogen-bond donors (Lipinski definition) is 1. The third-order valence-electron chi connectivity index (χ3n) is 5.61. The van der Waals surface area contributed by atoms with Gasteiger partial charge in [0, 0.05) is 7.11 Å². The van der Waals surface area contributed by atoms with Crippen LogP contribution in [0.5, 0.6) is 0 Å². The van der Waals surface area contributed by atoms with E-state index in [1.54, 1.807) is 13.2 Å². The minimum atomic E-state index is -2.81. The molecule has 192 valence electrons. The second-order valence-corrected chi connectivity index (χ2v) is 14.8. The molecule has 0 heterocycles. The minimum Gasteiger partial charge on any atom is -0.444 e. The summed E-state index contributed by atoms with van der Waals surface area (Å²) in [7, 11) is -1.26. The summed E-state index contributed by atoms with van der Waals surface area (Å²) in [5.41, 5.74) is -0.634. The van der Waals surface area contributed by atoms with Crippen LogP contribution in [0.25, 0.3) is 0 Å². The van der Waals surface area contributed by atoms with Gasteiger partial charge in [-0.2, -0.15) is 0 Å². The summed E-state index contributed by atoms with van der Waals surface area (Å²) in [6.45, 7) is 16.3. The predicted molar refractivity (Wildman–Crippen MR) is 144 cm³/mol. The van der Waals surface area contributed by atoms with E-state index in [0.29, 0.717) is 0 Å². The Morgan fingerprint density at radius 1 is 0.971 bits per heavy atom. The second kappa shape index (κ2) is 12.5. The molecular weight excluding hydrogens is 458 g/mol. The molecule has 0 bridgehead atoms. The smallest absolute Gasteiger partial charge is 0.408 e. The number of rotatable bonds is 11. The number of ether oxygens (including phenoxy) is 3. The van der Waals surface area contributed by atoms with Crippen LogP contribution in [0.2, 0.25) is 5.04 Å². The van der Waals surface area contributed by atoms with Crippen molar-refractivity contribution in [3.63, 3.8) is 0 Å². The summed E-state index contributed by atoms with van der Waals surface area (Å²) < 4.78 is 23.5. The molecule has 0 aliphatic rings. The zero-order chi connectivity index (χ0) is 26.1. The predicted octanol–water partition coefficient (Wildman–Crippen LogP) is 4.63. The highest BCUT2D eigenvalue weighted by Crippen LogP contribution is 2.37. The lowest BCUT2D eigenvalue weighted by atomic mass is 10.1. The topological polar surface area (TPSA) is 66.0 Å². The third kappa shape index (κ3) is 7.77. The Kier molecular flexibility index (Phi) is 10.3. The van der Waals surface area contributed by atoms with Crippen LogP contribution in [0.4, 0.5) is 4.79 Å². The molecule has 2 aromatic carbocycles. The molecule has 0 radical (unpaired) electrons. The van der Waals surface area contributed by atoms with Crippen LogP contribution in [0.15, 0.2) is 73.3 Å². The van der Waals surface area contributed by atoms with Crippen LogP contribution >= 0.6 is 0 Å². The second-order valence-electron chi connectivity index (χ2n) is 10.5. The van der Waals surface area contributed by atoms with Gasteiger partial charge in [0.1, 0.15) is 18.5 Å². The summed E-state index contributed by atoms with van der Waals surface area (Å²) in [4.78, 5) is 12.7. The lowest BCUT2D eigenvalue weighted by molar-refractivity contribution is -0.0704. The fourth-order valence-corrected chi connectivity index (χ4v) is 8.73. The number of benzene rings is 2. The van der Waals surface area contributed by atoms with Gasteiger partial charge in [-0.25, -0.2) is 4.79 Å². The Labute approximate surface area is 211 Å². The van der Waals surface area contributed by atoms with Crippen molar-refractivity contribution in [1.82, 2.24) is 5.32 Å². The van der Waals surface area contributed by atoms with Gasteiger partial charge in [0.05, 0.1) is 12.6 Å². The maximum Gasteiger partial charge on any atom is 0.408 e. The molecule has 0 saturated carbocycles. The molecule has 0 saturated heterocycles. The van der Waals surface area contributed by atoms with Gasteiger partial charge in [-0.05, 0) is 36.2 Å². The highest BCUT2D eigenvalue weighted by molar-refractivity contribution is 6.99. The largest absolute Gasteiger partial charge is 0.444 e. The molecule has 0 aliphatic carbocycles. The van der Waals surface area contributed by atoms with E-state index >= 15 is 0 Å². The number of hydrogen-bond acceptors (Lipinski definition) is 5. The molecule has 1 N–H and O–H groups in total. The Hall–Kier alpha value is -2.45. The minimum absolute atomic E-state index is 0.0579. The van der Waals surface area contributed by atoms with Gasteiger partial charge in [0.25, 0.3) is 8.32 Å². The van der Waals surface area contributed by atoms with Crippen molar-refractivity contribution >= 4 is 24.8 Å². The number of carbonyl (C=O) groups excluding carboxylic acids is 1. The molecule has 2 aromatic rings. The van der Waals surface area contributed by atoms with Gasteiger partial charge in [-0.3, -0.25) is 0 Å². The maximum absolute atomic E-state index is 12.7. The average Bonchev–Trinajstić information content (AvgIpc) is 2.79. The van der Waals surface area contributed by atoms with E-state index in [-0.39, 0.29) is 18.4 Å². The highest BCUT2D eigenvalue weighted by Gasteiger charge is 2.50. The Morgan fingerprint density at radius 2 is 1.49 bits per heavy atom. The summed E-state index contributed by atoms with van der Waals surface area (Å²) >= 11 is 0. The molecule has 0 fully saturated rings. The summed E-state index contributed by atoms with van der Waals surface area (Å²) in [5.74, 6) is 0. The van der Waals surface area contributed by atoms with Crippen molar-refractivity contribution in [1.29, 1.82) is 0 Å². The molecule has 1 amide bonds. The van der Waals surface area contributed by atoms with Gasteiger partial charge in [-0.1, -0.05) is 87.5 Å². The van der Waals surface area contributed by atoms with Gasteiger partial charge in [0.2, 0.25) is 0 Å². The van der Waals surface area contributed by atoms with Crippen LogP contribution in [0, 0.1) is 0 Å². The fourth-order valence-electron chi connectivity index (χ4n) is 4.15. The molecular formula is C28H41NO5Si. The number of nitrogens with one attached hydrogen (secondary N) is 1. The van der Waals surface area contributed by atoms with E-state index in [1.165, 1.54) is 0 Å². The Bertz CT molecular complexity index is 882. The van der Waals surface area contributed by atoms with Crippen LogP contribution in [0.1, 0.15) is 41.5 Å². The quantitative estimate of drug-likeness (QED) is 0.277. The highest BCUT2D eigenvalue weighted by atomic mass is 28.4. The molecule has 0 unspecified atom stereocenters. The van der Waals surface area contributed by atoms with E-state index in [9.17, 15) is 4.79 Å². The van der Waals surface area contributed by atoms with Gasteiger partial charge < -0.3 is 24.0 Å². The third-order valence-corrected chi connectivity index (χ3v) is 10.6. The molecule has 6 nitrogen and oxygen atoms in total. The first-order valence-corrected chi connectivity index (χ1v) is 13.8. The molecule has 0 aromatic heterocycles. The van der Waals surface area contributed by atoms with Crippen LogP contribution in [-0.4, -0.2) is 52.7 Å². The van der Waals surface area contributed by atoms with Crippen LogP contribution in [0.3, 0.4) is 0 Å². The van der Waals surface area contributed by atoms with Crippen molar-refractivity contribution < 1.29 is 23.4 Å². The zero-order valence-corrected chi connectivity index (χ0v) is 23.2. The monoisotopic (exact) mass is 499 g/mol. The van der Waals surface area contributed by atoms with Crippen LogP contribution < -0.4 is 15.7 Å². The molecule has 0 aliphatic heterocycles. The van der Waals surface area contributed by atoms with Crippen molar-refractivity contribution in [2.75, 3.05) is 20.5 Å². The standard InChI is InChI=1S/C28H41NO5Si/c1-9-25(32-21-31-8)24(29-26(30)34-27(2,3)4)20-33-35(28(5,6)7,22-16-12-10-13-17-22)23-18-14-11-15-19-23/h9-19,24-25H,1,20-21H2,2-8H3,(H,29,30)/t24-,25-/m0/s1. The van der Waals surface area contributed by atoms with E-state index < -0.39 is 32.2 Å². The number of alkyl carbamates (subject to hydrolysis) is 1. The molecule has 2 rings (SSSR count).